The molecule has 3 N–H and O–H groups in total. The summed E-state index contributed by atoms with van der Waals surface area (Å²) in [6.07, 6.45) is 0. The van der Waals surface area contributed by atoms with E-state index in [1.807, 2.05) is 19.9 Å². The number of ether oxygens (including phenoxy) is 1. The highest BCUT2D eigenvalue weighted by Crippen LogP contribution is 2.33. The summed E-state index contributed by atoms with van der Waals surface area (Å²) in [7, 11) is 1.53. The number of rotatable bonds is 2. The van der Waals surface area contributed by atoms with Gasteiger partial charge in [-0.25, -0.2) is 0 Å². The van der Waals surface area contributed by atoms with Crippen LogP contribution < -0.4 is 10.5 Å². The molecule has 72 valence electrons. The van der Waals surface area contributed by atoms with E-state index >= 15 is 0 Å². The molecular formula is C10H15NO2. The van der Waals surface area contributed by atoms with Crippen LogP contribution in [0.25, 0.3) is 0 Å². The Morgan fingerprint density at radius 1 is 1.46 bits per heavy atom. The smallest absolute Gasteiger partial charge is 0.162 e. The second-order valence-electron chi connectivity index (χ2n) is 3.19. The first-order chi connectivity index (χ1) is 6.06. The number of benzene rings is 1. The van der Waals surface area contributed by atoms with Crippen molar-refractivity contribution in [1.29, 1.82) is 0 Å². The Morgan fingerprint density at radius 3 is 2.54 bits per heavy atom. The maximum Gasteiger partial charge on any atom is 0.162 e. The largest absolute Gasteiger partial charge is 0.504 e. The van der Waals surface area contributed by atoms with Crippen LogP contribution in [0.5, 0.6) is 11.5 Å². The van der Waals surface area contributed by atoms with Gasteiger partial charge in [-0.1, -0.05) is 6.07 Å². The maximum atomic E-state index is 9.68. The lowest BCUT2D eigenvalue weighted by Crippen LogP contribution is -2.06. The van der Waals surface area contributed by atoms with Crippen LogP contribution in [0.4, 0.5) is 0 Å². The highest BCUT2D eigenvalue weighted by atomic mass is 16.5. The number of phenolic OH excluding ortho intramolecular Hbond substituents is 1. The van der Waals surface area contributed by atoms with Crippen molar-refractivity contribution < 1.29 is 9.84 Å². The molecule has 0 aliphatic heterocycles. The number of nitrogens with two attached hydrogens (primary N) is 1. The molecule has 0 amide bonds. The third-order valence-corrected chi connectivity index (χ3v) is 1.96. The number of aromatic hydroxyl groups is 1. The van der Waals surface area contributed by atoms with E-state index in [0.29, 0.717) is 5.75 Å². The standard InChI is InChI=1S/C10H15NO2/c1-6-4-8(7(2)11)10(12)9(5-6)13-3/h4-5,7,12H,11H2,1-3H3/t7-/m1/s1. The van der Waals surface area contributed by atoms with Crippen molar-refractivity contribution in [2.45, 2.75) is 19.9 Å². The zero-order chi connectivity index (χ0) is 10.0. The van der Waals surface area contributed by atoms with Crippen LogP contribution >= 0.6 is 0 Å². The summed E-state index contributed by atoms with van der Waals surface area (Å²) >= 11 is 0. The normalized spacial score (nSPS) is 12.6. The molecule has 0 radical (unpaired) electrons. The van der Waals surface area contributed by atoms with Gasteiger partial charge in [0.05, 0.1) is 7.11 Å². The molecule has 0 saturated carbocycles. The molecule has 0 fully saturated rings. The highest BCUT2D eigenvalue weighted by Gasteiger charge is 2.11. The summed E-state index contributed by atoms with van der Waals surface area (Å²) < 4.78 is 5.01. The lowest BCUT2D eigenvalue weighted by molar-refractivity contribution is 0.369. The third kappa shape index (κ3) is 1.92. The van der Waals surface area contributed by atoms with Crippen molar-refractivity contribution in [2.24, 2.45) is 5.73 Å². The van der Waals surface area contributed by atoms with Gasteiger partial charge in [-0.15, -0.1) is 0 Å². The van der Waals surface area contributed by atoms with Crippen LogP contribution in [-0.2, 0) is 0 Å². The van der Waals surface area contributed by atoms with Crippen LogP contribution in [0, 0.1) is 6.92 Å². The summed E-state index contributed by atoms with van der Waals surface area (Å²) in [5.41, 5.74) is 7.44. The van der Waals surface area contributed by atoms with Gasteiger partial charge in [-0.05, 0) is 25.5 Å². The molecule has 0 aromatic heterocycles. The van der Waals surface area contributed by atoms with Gasteiger partial charge in [0.2, 0.25) is 0 Å². The van der Waals surface area contributed by atoms with Crippen LogP contribution in [0.3, 0.4) is 0 Å². The van der Waals surface area contributed by atoms with Crippen molar-refractivity contribution in [3.05, 3.63) is 23.3 Å². The van der Waals surface area contributed by atoms with Gasteiger partial charge in [0, 0.05) is 11.6 Å². The number of aryl methyl sites for hydroxylation is 1. The second-order valence-corrected chi connectivity index (χ2v) is 3.19. The van der Waals surface area contributed by atoms with Crippen molar-refractivity contribution >= 4 is 0 Å². The summed E-state index contributed by atoms with van der Waals surface area (Å²) in [4.78, 5) is 0. The minimum absolute atomic E-state index is 0.142. The lowest BCUT2D eigenvalue weighted by Gasteiger charge is -2.12. The first kappa shape index (κ1) is 9.86. The van der Waals surface area contributed by atoms with E-state index in [1.165, 1.54) is 7.11 Å². The Labute approximate surface area is 78.1 Å². The molecule has 0 heterocycles. The van der Waals surface area contributed by atoms with Gasteiger partial charge in [0.15, 0.2) is 11.5 Å². The molecule has 0 aliphatic rings. The van der Waals surface area contributed by atoms with E-state index in [1.54, 1.807) is 6.07 Å². The minimum atomic E-state index is -0.186. The first-order valence-corrected chi connectivity index (χ1v) is 4.19. The van der Waals surface area contributed by atoms with Crippen LogP contribution in [0.15, 0.2) is 12.1 Å². The molecule has 13 heavy (non-hydrogen) atoms. The monoisotopic (exact) mass is 181 g/mol. The Balaban J connectivity index is 3.27. The average molecular weight is 181 g/mol. The Kier molecular flexibility index (Phi) is 2.78. The van der Waals surface area contributed by atoms with E-state index in [9.17, 15) is 5.11 Å². The fourth-order valence-corrected chi connectivity index (χ4v) is 1.28. The van der Waals surface area contributed by atoms with Crippen molar-refractivity contribution in [1.82, 2.24) is 0 Å². The van der Waals surface area contributed by atoms with E-state index < -0.39 is 0 Å². The van der Waals surface area contributed by atoms with Crippen molar-refractivity contribution in [3.8, 4) is 11.5 Å². The van der Waals surface area contributed by atoms with E-state index in [-0.39, 0.29) is 11.8 Å². The molecule has 3 nitrogen and oxygen atoms in total. The predicted molar refractivity (Wildman–Crippen MR) is 52.0 cm³/mol. The van der Waals surface area contributed by atoms with Crippen molar-refractivity contribution in [3.63, 3.8) is 0 Å². The van der Waals surface area contributed by atoms with Crippen LogP contribution in [0.2, 0.25) is 0 Å². The van der Waals surface area contributed by atoms with Gasteiger partial charge in [0.1, 0.15) is 0 Å². The van der Waals surface area contributed by atoms with Crippen molar-refractivity contribution in [2.75, 3.05) is 7.11 Å². The molecule has 3 heteroatoms. The van der Waals surface area contributed by atoms with Crippen LogP contribution in [0.1, 0.15) is 24.1 Å². The zero-order valence-corrected chi connectivity index (χ0v) is 8.16. The van der Waals surface area contributed by atoms with Gasteiger partial charge in [0.25, 0.3) is 0 Å². The molecule has 0 bridgehead atoms. The third-order valence-electron chi connectivity index (χ3n) is 1.96. The Bertz CT molecular complexity index is 308. The van der Waals surface area contributed by atoms with Gasteiger partial charge in [-0.3, -0.25) is 0 Å². The van der Waals surface area contributed by atoms with E-state index in [0.717, 1.165) is 11.1 Å². The van der Waals surface area contributed by atoms with Gasteiger partial charge in [-0.2, -0.15) is 0 Å². The molecule has 0 saturated heterocycles. The van der Waals surface area contributed by atoms with E-state index in [2.05, 4.69) is 0 Å². The molecule has 0 unspecified atom stereocenters. The molecule has 0 aliphatic carbocycles. The summed E-state index contributed by atoms with van der Waals surface area (Å²) in [5.74, 6) is 0.621. The molecule has 1 atom stereocenters. The van der Waals surface area contributed by atoms with E-state index in [4.69, 9.17) is 10.5 Å². The van der Waals surface area contributed by atoms with Crippen LogP contribution in [-0.4, -0.2) is 12.2 Å². The minimum Gasteiger partial charge on any atom is -0.504 e. The molecule has 0 spiro atoms. The average Bonchev–Trinajstić information content (AvgIpc) is 2.08. The number of hydrogen-bond donors (Lipinski definition) is 2. The fraction of sp³-hybridized carbons (Fsp3) is 0.400. The Morgan fingerprint density at radius 2 is 2.08 bits per heavy atom. The predicted octanol–water partition coefficient (Wildman–Crippen LogP) is 1.73. The molecule has 1 rings (SSSR count). The summed E-state index contributed by atoms with van der Waals surface area (Å²) in [5, 5.41) is 9.68. The topological polar surface area (TPSA) is 55.5 Å². The molecule has 1 aromatic carbocycles. The highest BCUT2D eigenvalue weighted by molar-refractivity contribution is 5.49. The summed E-state index contributed by atoms with van der Waals surface area (Å²) in [6, 6.07) is 3.46. The number of hydrogen-bond acceptors (Lipinski definition) is 3. The van der Waals surface area contributed by atoms with Gasteiger partial charge >= 0.3 is 0 Å². The quantitative estimate of drug-likeness (QED) is 0.730. The fourth-order valence-electron chi connectivity index (χ4n) is 1.28. The maximum absolute atomic E-state index is 9.68. The summed E-state index contributed by atoms with van der Waals surface area (Å²) in [6.45, 7) is 3.77. The Hall–Kier alpha value is -1.22. The number of phenols is 1. The molecule has 1 aromatic rings. The van der Waals surface area contributed by atoms with Gasteiger partial charge < -0.3 is 15.6 Å². The zero-order valence-electron chi connectivity index (χ0n) is 8.16. The SMILES string of the molecule is COc1cc(C)cc([C@@H](C)N)c1O. The molecular weight excluding hydrogens is 166 g/mol. The first-order valence-electron chi connectivity index (χ1n) is 4.19. The second kappa shape index (κ2) is 3.66. The lowest BCUT2D eigenvalue weighted by atomic mass is 10.0. The number of methoxy groups -OCH3 is 1.